The van der Waals surface area contributed by atoms with E-state index in [2.05, 4.69) is 4.74 Å². The van der Waals surface area contributed by atoms with Gasteiger partial charge in [0.05, 0.1) is 28.9 Å². The summed E-state index contributed by atoms with van der Waals surface area (Å²) in [5.74, 6) is -0.520. The number of methoxy groups -OCH3 is 1. The number of nitro benzene ring substituents is 1. The quantitative estimate of drug-likeness (QED) is 0.482. The average molecular weight is 260 g/mol. The highest BCUT2D eigenvalue weighted by molar-refractivity contribution is 5.97. The molecule has 0 saturated heterocycles. The Bertz CT molecular complexity index is 646. The smallest absolute Gasteiger partial charge is 0.340 e. The first-order valence-corrected chi connectivity index (χ1v) is 5.53. The normalized spacial score (nSPS) is 10.2. The van der Waals surface area contributed by atoms with Gasteiger partial charge in [0.15, 0.2) is 0 Å². The van der Waals surface area contributed by atoms with Crippen LogP contribution in [-0.2, 0) is 11.8 Å². The van der Waals surface area contributed by atoms with Gasteiger partial charge in [-0.05, 0) is 12.1 Å². The van der Waals surface area contributed by atoms with Crippen LogP contribution in [0.2, 0.25) is 0 Å². The summed E-state index contributed by atoms with van der Waals surface area (Å²) in [5.41, 5.74) is 1.12. The zero-order valence-corrected chi connectivity index (χ0v) is 10.5. The number of ether oxygens (including phenoxy) is 1. The molecule has 2 aromatic rings. The van der Waals surface area contributed by atoms with E-state index in [9.17, 15) is 14.9 Å². The van der Waals surface area contributed by atoms with Crippen LogP contribution in [0.1, 0.15) is 10.4 Å². The lowest BCUT2D eigenvalue weighted by Gasteiger charge is -2.07. The van der Waals surface area contributed by atoms with E-state index >= 15 is 0 Å². The van der Waals surface area contributed by atoms with Crippen molar-refractivity contribution >= 4 is 11.7 Å². The molecule has 1 aromatic heterocycles. The molecule has 1 heterocycles. The van der Waals surface area contributed by atoms with E-state index < -0.39 is 10.9 Å². The van der Waals surface area contributed by atoms with Crippen molar-refractivity contribution < 1.29 is 14.5 Å². The van der Waals surface area contributed by atoms with Crippen molar-refractivity contribution in [3.63, 3.8) is 0 Å². The molecule has 6 nitrogen and oxygen atoms in total. The van der Waals surface area contributed by atoms with Gasteiger partial charge in [-0.25, -0.2) is 4.79 Å². The molecule has 0 aliphatic rings. The summed E-state index contributed by atoms with van der Waals surface area (Å²) in [6.45, 7) is 0. The zero-order chi connectivity index (χ0) is 14.0. The molecule has 2 rings (SSSR count). The molecular formula is C13H12N2O4. The number of aryl methyl sites for hydroxylation is 1. The Morgan fingerprint density at radius 2 is 2.00 bits per heavy atom. The molecule has 0 atom stereocenters. The highest BCUT2D eigenvalue weighted by atomic mass is 16.6. The monoisotopic (exact) mass is 260 g/mol. The van der Waals surface area contributed by atoms with E-state index in [-0.39, 0.29) is 5.69 Å². The molecular weight excluding hydrogens is 248 g/mol. The summed E-state index contributed by atoms with van der Waals surface area (Å²) in [4.78, 5) is 22.3. The number of carbonyl (C=O) groups excluding carboxylic acids is 1. The minimum absolute atomic E-state index is 0.0468. The summed E-state index contributed by atoms with van der Waals surface area (Å²) >= 11 is 0. The Labute approximate surface area is 109 Å². The van der Waals surface area contributed by atoms with Crippen LogP contribution in [0.3, 0.4) is 0 Å². The van der Waals surface area contributed by atoms with Crippen LogP contribution in [0.15, 0.2) is 36.5 Å². The minimum Gasteiger partial charge on any atom is -0.465 e. The number of aromatic nitrogens is 1. The number of para-hydroxylation sites is 1. The van der Waals surface area contributed by atoms with Gasteiger partial charge in [0.1, 0.15) is 0 Å². The van der Waals surface area contributed by atoms with Crippen LogP contribution in [0, 0.1) is 10.1 Å². The molecule has 0 aliphatic heterocycles. The minimum atomic E-state index is -0.520. The summed E-state index contributed by atoms with van der Waals surface area (Å²) in [6, 6.07) is 7.87. The number of hydrogen-bond donors (Lipinski definition) is 0. The van der Waals surface area contributed by atoms with Crippen molar-refractivity contribution in [3.8, 4) is 11.3 Å². The zero-order valence-electron chi connectivity index (χ0n) is 10.5. The maximum Gasteiger partial charge on any atom is 0.340 e. The predicted molar refractivity (Wildman–Crippen MR) is 68.8 cm³/mol. The van der Waals surface area contributed by atoms with Gasteiger partial charge >= 0.3 is 5.97 Å². The maximum absolute atomic E-state index is 11.7. The highest BCUT2D eigenvalue weighted by Gasteiger charge is 2.23. The van der Waals surface area contributed by atoms with Crippen LogP contribution in [0.25, 0.3) is 11.3 Å². The number of rotatable bonds is 3. The number of esters is 1. The Balaban J connectivity index is 2.69. The van der Waals surface area contributed by atoms with Crippen molar-refractivity contribution in [3.05, 3.63) is 52.2 Å². The van der Waals surface area contributed by atoms with Crippen molar-refractivity contribution in [2.24, 2.45) is 7.05 Å². The number of hydrogen-bond acceptors (Lipinski definition) is 4. The largest absolute Gasteiger partial charge is 0.465 e. The third-order valence-corrected chi connectivity index (χ3v) is 2.83. The van der Waals surface area contributed by atoms with E-state index in [1.54, 1.807) is 42.1 Å². The van der Waals surface area contributed by atoms with Crippen LogP contribution in [0.5, 0.6) is 0 Å². The lowest BCUT2D eigenvalue weighted by molar-refractivity contribution is -0.384. The van der Waals surface area contributed by atoms with Crippen LogP contribution < -0.4 is 0 Å². The summed E-state index contributed by atoms with van der Waals surface area (Å²) in [6.07, 6.45) is 1.66. The SMILES string of the molecule is COC(=O)c1ccn(C)c1-c1ccccc1[N+](=O)[O-]. The average Bonchev–Trinajstić information content (AvgIpc) is 2.79. The van der Waals surface area contributed by atoms with E-state index in [4.69, 9.17) is 0 Å². The van der Waals surface area contributed by atoms with Gasteiger partial charge in [-0.2, -0.15) is 0 Å². The molecule has 98 valence electrons. The molecule has 0 amide bonds. The van der Waals surface area contributed by atoms with Gasteiger partial charge in [0.25, 0.3) is 5.69 Å². The van der Waals surface area contributed by atoms with Crippen LogP contribution in [-0.4, -0.2) is 22.6 Å². The predicted octanol–water partition coefficient (Wildman–Crippen LogP) is 2.39. The summed E-state index contributed by atoms with van der Waals surface area (Å²) in [7, 11) is 3.00. The van der Waals surface area contributed by atoms with E-state index in [1.807, 2.05) is 0 Å². The van der Waals surface area contributed by atoms with Gasteiger partial charge < -0.3 is 9.30 Å². The number of carbonyl (C=O) groups is 1. The third kappa shape index (κ3) is 2.20. The molecule has 0 aliphatic carbocycles. The fourth-order valence-corrected chi connectivity index (χ4v) is 1.97. The fourth-order valence-electron chi connectivity index (χ4n) is 1.97. The van der Waals surface area contributed by atoms with Gasteiger partial charge in [0.2, 0.25) is 0 Å². The van der Waals surface area contributed by atoms with Crippen LogP contribution in [0.4, 0.5) is 5.69 Å². The molecule has 0 spiro atoms. The van der Waals surface area contributed by atoms with E-state index in [0.717, 1.165) is 0 Å². The second-order valence-electron chi connectivity index (χ2n) is 3.95. The first-order valence-electron chi connectivity index (χ1n) is 5.53. The van der Waals surface area contributed by atoms with E-state index in [0.29, 0.717) is 16.8 Å². The standard InChI is InChI=1S/C13H12N2O4/c1-14-8-7-10(13(16)19-2)12(14)9-5-3-4-6-11(9)15(17)18/h3-8H,1-2H3. The Morgan fingerprint density at radius 3 is 2.63 bits per heavy atom. The Hall–Kier alpha value is -2.63. The lowest BCUT2D eigenvalue weighted by Crippen LogP contribution is -2.04. The topological polar surface area (TPSA) is 74.4 Å². The molecule has 0 unspecified atom stereocenters. The number of benzene rings is 1. The van der Waals surface area contributed by atoms with Gasteiger partial charge in [-0.15, -0.1) is 0 Å². The fraction of sp³-hybridized carbons (Fsp3) is 0.154. The van der Waals surface area contributed by atoms with E-state index in [1.165, 1.54) is 13.2 Å². The van der Waals surface area contributed by atoms with Gasteiger partial charge in [-0.3, -0.25) is 10.1 Å². The molecule has 0 saturated carbocycles. The van der Waals surface area contributed by atoms with Crippen molar-refractivity contribution in [2.75, 3.05) is 7.11 Å². The maximum atomic E-state index is 11.7. The van der Waals surface area contributed by atoms with Crippen molar-refractivity contribution in [2.45, 2.75) is 0 Å². The Kier molecular flexibility index (Phi) is 3.33. The first kappa shape index (κ1) is 12.8. The van der Waals surface area contributed by atoms with Crippen molar-refractivity contribution in [1.29, 1.82) is 0 Å². The summed E-state index contributed by atoms with van der Waals surface area (Å²) in [5, 5.41) is 11.1. The third-order valence-electron chi connectivity index (χ3n) is 2.83. The molecule has 19 heavy (non-hydrogen) atoms. The molecule has 0 N–H and O–H groups in total. The second kappa shape index (κ2) is 4.93. The Morgan fingerprint density at radius 1 is 1.32 bits per heavy atom. The first-order chi connectivity index (χ1) is 9.06. The lowest BCUT2D eigenvalue weighted by atomic mass is 10.1. The molecule has 6 heteroatoms. The molecule has 1 aromatic carbocycles. The summed E-state index contributed by atoms with van der Waals surface area (Å²) < 4.78 is 6.35. The highest BCUT2D eigenvalue weighted by Crippen LogP contribution is 2.32. The number of nitro groups is 1. The van der Waals surface area contributed by atoms with Gasteiger partial charge in [-0.1, -0.05) is 12.1 Å². The van der Waals surface area contributed by atoms with Gasteiger partial charge in [0, 0.05) is 19.3 Å². The second-order valence-corrected chi connectivity index (χ2v) is 3.95. The number of nitrogens with zero attached hydrogens (tertiary/aromatic N) is 2. The molecule has 0 radical (unpaired) electrons. The molecule has 0 bridgehead atoms. The van der Waals surface area contributed by atoms with Crippen LogP contribution >= 0.6 is 0 Å². The molecule has 0 fully saturated rings. The van der Waals surface area contributed by atoms with Crippen molar-refractivity contribution in [1.82, 2.24) is 4.57 Å².